The molecule has 1 aliphatic carbocycles. The molecule has 4 aromatic rings. The standard InChI is InChI=1S/C20H20N6S/c1-13-19(23-20(27-13)22-15-6-2-3-7-15)17-12-26(25-24-17)18-8-4-5-14-11-21-10-9-16(14)18/h4-5,8-12,15H,2-3,6-7H2,1H3,(H,22,23). The third kappa shape index (κ3) is 3.08. The van der Waals surface area contributed by atoms with Gasteiger partial charge >= 0.3 is 0 Å². The number of fused-ring (bicyclic) bond motifs is 1. The fraction of sp³-hybridized carbons (Fsp3) is 0.300. The monoisotopic (exact) mass is 376 g/mol. The van der Waals surface area contributed by atoms with Crippen LogP contribution in [0.1, 0.15) is 30.6 Å². The quantitative estimate of drug-likeness (QED) is 0.564. The summed E-state index contributed by atoms with van der Waals surface area (Å²) in [4.78, 5) is 10.1. The lowest BCUT2D eigenvalue weighted by Crippen LogP contribution is -2.13. The number of aryl methyl sites for hydroxylation is 1. The summed E-state index contributed by atoms with van der Waals surface area (Å²) in [6.45, 7) is 2.09. The molecule has 1 N–H and O–H groups in total. The topological polar surface area (TPSA) is 68.5 Å². The molecule has 0 saturated heterocycles. The molecule has 6 nitrogen and oxygen atoms in total. The van der Waals surface area contributed by atoms with Gasteiger partial charge in [-0.25, -0.2) is 9.67 Å². The first-order valence-electron chi connectivity index (χ1n) is 9.28. The van der Waals surface area contributed by atoms with Crippen molar-refractivity contribution in [2.24, 2.45) is 0 Å². The minimum atomic E-state index is 0.559. The highest BCUT2D eigenvalue weighted by Crippen LogP contribution is 2.32. The van der Waals surface area contributed by atoms with Crippen molar-refractivity contribution in [2.45, 2.75) is 38.6 Å². The van der Waals surface area contributed by atoms with Gasteiger partial charge in [-0.15, -0.1) is 16.4 Å². The van der Waals surface area contributed by atoms with Crippen molar-refractivity contribution in [1.29, 1.82) is 0 Å². The number of nitrogens with one attached hydrogen (secondary N) is 1. The van der Waals surface area contributed by atoms with E-state index in [0.717, 1.165) is 37.9 Å². The largest absolute Gasteiger partial charge is 0.359 e. The molecule has 0 spiro atoms. The van der Waals surface area contributed by atoms with Crippen LogP contribution in [0.5, 0.6) is 0 Å². The average Bonchev–Trinajstić information content (AvgIpc) is 3.43. The number of benzene rings is 1. The summed E-state index contributed by atoms with van der Waals surface area (Å²) in [5.41, 5.74) is 2.70. The normalized spacial score (nSPS) is 14.9. The van der Waals surface area contributed by atoms with E-state index in [1.807, 2.05) is 35.3 Å². The molecule has 0 amide bonds. The van der Waals surface area contributed by atoms with E-state index in [4.69, 9.17) is 4.98 Å². The van der Waals surface area contributed by atoms with Crippen molar-refractivity contribution < 1.29 is 0 Å². The Balaban J connectivity index is 1.48. The second-order valence-corrected chi connectivity index (χ2v) is 8.18. The van der Waals surface area contributed by atoms with E-state index in [1.54, 1.807) is 17.5 Å². The van der Waals surface area contributed by atoms with E-state index in [9.17, 15) is 0 Å². The van der Waals surface area contributed by atoms with Gasteiger partial charge in [-0.2, -0.15) is 0 Å². The molecule has 27 heavy (non-hydrogen) atoms. The molecule has 3 heterocycles. The summed E-state index contributed by atoms with van der Waals surface area (Å²) < 4.78 is 1.82. The highest BCUT2D eigenvalue weighted by Gasteiger charge is 2.19. The molecule has 0 radical (unpaired) electrons. The van der Waals surface area contributed by atoms with Crippen molar-refractivity contribution in [3.8, 4) is 17.1 Å². The van der Waals surface area contributed by atoms with Crippen LogP contribution in [-0.2, 0) is 0 Å². The molecule has 0 unspecified atom stereocenters. The Morgan fingerprint density at radius 3 is 2.96 bits per heavy atom. The Morgan fingerprint density at radius 1 is 1.19 bits per heavy atom. The number of hydrogen-bond acceptors (Lipinski definition) is 6. The third-order valence-corrected chi connectivity index (χ3v) is 6.02. The van der Waals surface area contributed by atoms with Crippen LogP contribution in [-0.4, -0.2) is 31.0 Å². The number of hydrogen-bond donors (Lipinski definition) is 1. The molecule has 1 fully saturated rings. The van der Waals surface area contributed by atoms with Crippen LogP contribution >= 0.6 is 11.3 Å². The lowest BCUT2D eigenvalue weighted by Gasteiger charge is -2.09. The van der Waals surface area contributed by atoms with Crippen LogP contribution in [0.15, 0.2) is 42.9 Å². The Kier molecular flexibility index (Phi) is 4.09. The zero-order valence-electron chi connectivity index (χ0n) is 15.1. The van der Waals surface area contributed by atoms with Crippen LogP contribution < -0.4 is 5.32 Å². The molecule has 1 aromatic carbocycles. The van der Waals surface area contributed by atoms with Crippen LogP contribution in [0, 0.1) is 6.92 Å². The minimum absolute atomic E-state index is 0.559. The van der Waals surface area contributed by atoms with E-state index in [1.165, 1.54) is 25.7 Å². The molecule has 0 aliphatic heterocycles. The predicted molar refractivity (Wildman–Crippen MR) is 108 cm³/mol. The summed E-state index contributed by atoms with van der Waals surface area (Å²) in [5, 5.41) is 15.5. The molecule has 3 aromatic heterocycles. The summed E-state index contributed by atoms with van der Waals surface area (Å²) in [5.74, 6) is 0. The zero-order chi connectivity index (χ0) is 18.2. The maximum Gasteiger partial charge on any atom is 0.183 e. The van der Waals surface area contributed by atoms with Gasteiger partial charge in [-0.05, 0) is 31.9 Å². The first kappa shape index (κ1) is 16.4. The Hall–Kier alpha value is -2.80. The van der Waals surface area contributed by atoms with Gasteiger partial charge in [0.1, 0.15) is 11.4 Å². The first-order chi connectivity index (χ1) is 13.3. The molecular formula is C20H20N6S. The number of rotatable bonds is 4. The van der Waals surface area contributed by atoms with Gasteiger partial charge in [0.2, 0.25) is 0 Å². The molecule has 0 bridgehead atoms. The predicted octanol–water partition coefficient (Wildman–Crippen LogP) is 4.60. The van der Waals surface area contributed by atoms with E-state index in [2.05, 4.69) is 33.6 Å². The SMILES string of the molecule is Cc1sc(NC2CCCC2)nc1-c1cn(-c2cccc3cnccc23)nn1. The summed E-state index contributed by atoms with van der Waals surface area (Å²) in [6.07, 6.45) is 10.7. The van der Waals surface area contributed by atoms with Gasteiger partial charge < -0.3 is 5.32 Å². The third-order valence-electron chi connectivity index (χ3n) is 5.12. The number of pyridine rings is 1. The molecule has 7 heteroatoms. The maximum absolute atomic E-state index is 4.79. The summed E-state index contributed by atoms with van der Waals surface area (Å²) in [6, 6.07) is 8.67. The van der Waals surface area contributed by atoms with Crippen molar-refractivity contribution in [3.05, 3.63) is 47.7 Å². The molecule has 136 valence electrons. The van der Waals surface area contributed by atoms with Crippen molar-refractivity contribution >= 4 is 27.2 Å². The summed E-state index contributed by atoms with van der Waals surface area (Å²) >= 11 is 1.70. The van der Waals surface area contributed by atoms with Crippen molar-refractivity contribution in [1.82, 2.24) is 25.0 Å². The summed E-state index contributed by atoms with van der Waals surface area (Å²) in [7, 11) is 0. The maximum atomic E-state index is 4.79. The fourth-order valence-electron chi connectivity index (χ4n) is 3.74. The first-order valence-corrected chi connectivity index (χ1v) is 10.1. The second-order valence-electron chi connectivity index (χ2n) is 6.97. The number of anilines is 1. The van der Waals surface area contributed by atoms with E-state index < -0.39 is 0 Å². The fourth-order valence-corrected chi connectivity index (χ4v) is 4.64. The van der Waals surface area contributed by atoms with Crippen molar-refractivity contribution in [3.63, 3.8) is 0 Å². The number of nitrogens with zero attached hydrogens (tertiary/aromatic N) is 5. The van der Waals surface area contributed by atoms with Gasteiger partial charge in [0.05, 0.1) is 11.9 Å². The lowest BCUT2D eigenvalue weighted by atomic mass is 10.1. The Bertz CT molecular complexity index is 1090. The van der Waals surface area contributed by atoms with Gasteiger partial charge in [0.25, 0.3) is 0 Å². The van der Waals surface area contributed by atoms with Gasteiger partial charge in [0.15, 0.2) is 5.13 Å². The van der Waals surface area contributed by atoms with Crippen LogP contribution in [0.4, 0.5) is 5.13 Å². The van der Waals surface area contributed by atoms with E-state index >= 15 is 0 Å². The molecule has 1 aliphatic rings. The molecule has 0 atom stereocenters. The van der Waals surface area contributed by atoms with Crippen molar-refractivity contribution in [2.75, 3.05) is 5.32 Å². The van der Waals surface area contributed by atoms with E-state index in [-0.39, 0.29) is 0 Å². The van der Waals surface area contributed by atoms with Crippen LogP contribution in [0.25, 0.3) is 27.8 Å². The molecule has 5 rings (SSSR count). The Labute approximate surface area is 161 Å². The highest BCUT2D eigenvalue weighted by atomic mass is 32.1. The lowest BCUT2D eigenvalue weighted by molar-refractivity contribution is 0.754. The molecular weight excluding hydrogens is 356 g/mol. The highest BCUT2D eigenvalue weighted by molar-refractivity contribution is 7.16. The zero-order valence-corrected chi connectivity index (χ0v) is 15.9. The minimum Gasteiger partial charge on any atom is -0.359 e. The number of aromatic nitrogens is 5. The Morgan fingerprint density at radius 2 is 2.07 bits per heavy atom. The van der Waals surface area contributed by atoms with Gasteiger partial charge in [-0.3, -0.25) is 4.98 Å². The smallest absolute Gasteiger partial charge is 0.183 e. The number of thiazole rings is 1. The second kappa shape index (κ2) is 6.74. The molecule has 1 saturated carbocycles. The average molecular weight is 376 g/mol. The van der Waals surface area contributed by atoms with E-state index in [0.29, 0.717) is 6.04 Å². The van der Waals surface area contributed by atoms with Crippen LogP contribution in [0.2, 0.25) is 0 Å². The van der Waals surface area contributed by atoms with Crippen LogP contribution in [0.3, 0.4) is 0 Å². The van der Waals surface area contributed by atoms with Gasteiger partial charge in [-0.1, -0.05) is 30.2 Å². The van der Waals surface area contributed by atoms with Gasteiger partial charge in [0, 0.05) is 34.1 Å².